The van der Waals surface area contributed by atoms with Crippen molar-refractivity contribution in [2.24, 2.45) is 5.41 Å². The highest BCUT2D eigenvalue weighted by Crippen LogP contribution is 2.45. The van der Waals surface area contributed by atoms with Crippen molar-refractivity contribution in [2.45, 2.75) is 45.8 Å². The van der Waals surface area contributed by atoms with Gasteiger partial charge in [0.2, 0.25) is 0 Å². The molecule has 2 aromatic carbocycles. The molecule has 0 saturated heterocycles. The van der Waals surface area contributed by atoms with Gasteiger partial charge in [-0.3, -0.25) is 0 Å². The Morgan fingerprint density at radius 1 is 1.20 bits per heavy atom. The van der Waals surface area contributed by atoms with Crippen molar-refractivity contribution in [3.63, 3.8) is 0 Å². The molecule has 0 saturated carbocycles. The fraction of sp³-hybridized carbons (Fsp3) is 0.381. The predicted octanol–water partition coefficient (Wildman–Crippen LogP) is 4.66. The van der Waals surface area contributed by atoms with E-state index in [0.717, 1.165) is 17.7 Å². The summed E-state index contributed by atoms with van der Waals surface area (Å²) in [6.45, 7) is 7.60. The van der Waals surface area contributed by atoms with E-state index in [0.29, 0.717) is 5.75 Å². The van der Waals surface area contributed by atoms with Crippen molar-refractivity contribution in [2.75, 3.05) is 5.32 Å². The molecule has 1 heterocycles. The maximum Gasteiger partial charge on any atom is 0.347 e. The first-order chi connectivity index (χ1) is 11.7. The van der Waals surface area contributed by atoms with Crippen molar-refractivity contribution in [3.05, 3.63) is 59.7 Å². The van der Waals surface area contributed by atoms with Gasteiger partial charge < -0.3 is 15.2 Å². The van der Waals surface area contributed by atoms with Gasteiger partial charge in [-0.15, -0.1) is 0 Å². The smallest absolute Gasteiger partial charge is 0.347 e. The Labute approximate surface area is 148 Å². The summed E-state index contributed by atoms with van der Waals surface area (Å²) >= 11 is 0. The number of para-hydroxylation sites is 1. The summed E-state index contributed by atoms with van der Waals surface area (Å²) in [5.41, 5.74) is 2.33. The zero-order chi connectivity index (χ0) is 18.2. The molecule has 0 bridgehead atoms. The molecule has 3 rings (SSSR count). The predicted molar refractivity (Wildman–Crippen MR) is 99.1 cm³/mol. The van der Waals surface area contributed by atoms with Gasteiger partial charge in [-0.05, 0) is 55.0 Å². The number of carboxylic acid groups (broad SMARTS) is 1. The van der Waals surface area contributed by atoms with Crippen molar-refractivity contribution in [1.29, 1.82) is 0 Å². The van der Waals surface area contributed by atoms with Gasteiger partial charge in [0.05, 0.1) is 6.04 Å². The van der Waals surface area contributed by atoms with E-state index in [1.54, 1.807) is 19.9 Å². The number of ether oxygens (including phenoxy) is 1. The van der Waals surface area contributed by atoms with Crippen molar-refractivity contribution < 1.29 is 14.6 Å². The van der Waals surface area contributed by atoms with Crippen LogP contribution in [0.1, 0.15) is 44.9 Å². The number of anilines is 1. The monoisotopic (exact) mass is 339 g/mol. The first-order valence-electron chi connectivity index (χ1n) is 8.56. The molecule has 4 heteroatoms. The average Bonchev–Trinajstić information content (AvgIpc) is 2.53. The van der Waals surface area contributed by atoms with Gasteiger partial charge in [0.25, 0.3) is 0 Å². The molecule has 1 atom stereocenters. The van der Waals surface area contributed by atoms with E-state index in [9.17, 15) is 9.90 Å². The normalized spacial score (nSPS) is 18.8. The van der Waals surface area contributed by atoms with E-state index in [4.69, 9.17) is 4.74 Å². The Morgan fingerprint density at radius 2 is 1.92 bits per heavy atom. The first-order valence-corrected chi connectivity index (χ1v) is 8.56. The number of nitrogens with one attached hydrogen (secondary N) is 1. The highest BCUT2D eigenvalue weighted by Gasteiger charge is 2.36. The van der Waals surface area contributed by atoms with E-state index >= 15 is 0 Å². The minimum absolute atomic E-state index is 0.0231. The van der Waals surface area contributed by atoms with Crippen LogP contribution in [-0.4, -0.2) is 16.7 Å². The topological polar surface area (TPSA) is 58.6 Å². The molecule has 1 aliphatic heterocycles. The van der Waals surface area contributed by atoms with E-state index in [1.807, 2.05) is 18.2 Å². The maximum atomic E-state index is 11.3. The van der Waals surface area contributed by atoms with Crippen LogP contribution in [-0.2, 0) is 11.2 Å². The lowest BCUT2D eigenvalue weighted by Crippen LogP contribution is -2.38. The summed E-state index contributed by atoms with van der Waals surface area (Å²) in [4.78, 5) is 11.3. The highest BCUT2D eigenvalue weighted by molar-refractivity contribution is 5.76. The summed E-state index contributed by atoms with van der Waals surface area (Å²) < 4.78 is 5.71. The molecule has 1 unspecified atom stereocenters. The molecular weight excluding hydrogens is 314 g/mol. The van der Waals surface area contributed by atoms with Crippen LogP contribution in [0, 0.1) is 5.41 Å². The lowest BCUT2D eigenvalue weighted by atomic mass is 9.73. The Morgan fingerprint density at radius 3 is 2.64 bits per heavy atom. The summed E-state index contributed by atoms with van der Waals surface area (Å²) in [5.74, 6) is -0.413. The summed E-state index contributed by atoms with van der Waals surface area (Å²) in [7, 11) is 0. The zero-order valence-electron chi connectivity index (χ0n) is 15.2. The quantitative estimate of drug-likeness (QED) is 0.850. The number of carboxylic acids is 1. The lowest BCUT2D eigenvalue weighted by molar-refractivity contribution is -0.152. The molecule has 2 N–H and O–H groups in total. The standard InChI is InChI=1S/C21H25NO3/c1-20(2)13-15-8-5-6-11-17(15)22-18(20)14-9-7-10-16(12-14)25-21(3,4)19(23)24/h5-12,18,22H,13H2,1-4H3,(H,23,24). The number of fused-ring (bicyclic) bond motifs is 1. The molecule has 0 amide bonds. The molecule has 25 heavy (non-hydrogen) atoms. The van der Waals surface area contributed by atoms with Crippen LogP contribution in [0.15, 0.2) is 48.5 Å². The molecule has 1 aliphatic rings. The second-order valence-corrected chi connectivity index (χ2v) is 7.89. The molecule has 0 aliphatic carbocycles. The third kappa shape index (κ3) is 3.48. The Hall–Kier alpha value is -2.49. The van der Waals surface area contributed by atoms with E-state index in [2.05, 4.69) is 43.4 Å². The Bertz CT molecular complexity index is 795. The van der Waals surface area contributed by atoms with Gasteiger partial charge in [0.15, 0.2) is 5.60 Å². The molecule has 132 valence electrons. The van der Waals surface area contributed by atoms with Crippen LogP contribution in [0.3, 0.4) is 0 Å². The molecule has 2 aromatic rings. The van der Waals surface area contributed by atoms with Crippen molar-refractivity contribution >= 4 is 11.7 Å². The summed E-state index contributed by atoms with van der Waals surface area (Å²) in [6.07, 6.45) is 0.979. The SMILES string of the molecule is CC(C)(Oc1cccc(C2Nc3ccccc3CC2(C)C)c1)C(=O)O. The zero-order valence-corrected chi connectivity index (χ0v) is 15.2. The van der Waals surface area contributed by atoms with Crippen LogP contribution in [0.4, 0.5) is 5.69 Å². The van der Waals surface area contributed by atoms with Crippen molar-refractivity contribution in [1.82, 2.24) is 0 Å². The van der Waals surface area contributed by atoms with Crippen LogP contribution < -0.4 is 10.1 Å². The van der Waals surface area contributed by atoms with Crippen LogP contribution in [0.25, 0.3) is 0 Å². The third-order valence-corrected chi connectivity index (χ3v) is 4.82. The van der Waals surface area contributed by atoms with Crippen LogP contribution in [0.2, 0.25) is 0 Å². The largest absolute Gasteiger partial charge is 0.478 e. The third-order valence-electron chi connectivity index (χ3n) is 4.82. The summed E-state index contributed by atoms with van der Waals surface area (Å²) in [6, 6.07) is 16.2. The highest BCUT2D eigenvalue weighted by atomic mass is 16.5. The number of benzene rings is 2. The van der Waals surface area contributed by atoms with Gasteiger partial charge in [-0.25, -0.2) is 4.79 Å². The fourth-order valence-electron chi connectivity index (χ4n) is 3.39. The van der Waals surface area contributed by atoms with Gasteiger partial charge in [-0.2, -0.15) is 0 Å². The van der Waals surface area contributed by atoms with Crippen molar-refractivity contribution in [3.8, 4) is 5.75 Å². The van der Waals surface area contributed by atoms with Gasteiger partial charge in [0, 0.05) is 5.69 Å². The molecule has 0 radical (unpaired) electrons. The summed E-state index contributed by atoms with van der Waals surface area (Å²) in [5, 5.41) is 12.9. The van der Waals surface area contributed by atoms with Crippen LogP contribution >= 0.6 is 0 Å². The number of hydrogen-bond donors (Lipinski definition) is 2. The van der Waals surface area contributed by atoms with Gasteiger partial charge in [0.1, 0.15) is 5.75 Å². The first kappa shape index (κ1) is 17.3. The number of hydrogen-bond acceptors (Lipinski definition) is 3. The van der Waals surface area contributed by atoms with Gasteiger partial charge >= 0.3 is 5.97 Å². The van der Waals surface area contributed by atoms with Crippen LogP contribution in [0.5, 0.6) is 5.75 Å². The number of aliphatic carboxylic acids is 1. The molecule has 4 nitrogen and oxygen atoms in total. The average molecular weight is 339 g/mol. The molecular formula is C21H25NO3. The minimum atomic E-state index is -1.26. The Balaban J connectivity index is 1.92. The Kier molecular flexibility index (Phi) is 4.23. The van der Waals surface area contributed by atoms with Gasteiger partial charge in [-0.1, -0.05) is 44.2 Å². The van der Waals surface area contributed by atoms with E-state index < -0.39 is 11.6 Å². The second-order valence-electron chi connectivity index (χ2n) is 7.89. The lowest BCUT2D eigenvalue weighted by Gasteiger charge is -2.41. The number of carbonyl (C=O) groups is 1. The fourth-order valence-corrected chi connectivity index (χ4v) is 3.39. The number of rotatable bonds is 4. The van der Waals surface area contributed by atoms with E-state index in [1.165, 1.54) is 5.56 Å². The molecule has 0 spiro atoms. The maximum absolute atomic E-state index is 11.3. The minimum Gasteiger partial charge on any atom is -0.478 e. The molecule has 0 aromatic heterocycles. The molecule has 0 fully saturated rings. The van der Waals surface area contributed by atoms with E-state index in [-0.39, 0.29) is 11.5 Å². The second kappa shape index (κ2) is 6.10.